The first-order valence-corrected chi connectivity index (χ1v) is 10.5. The van der Waals surface area contributed by atoms with Gasteiger partial charge in [-0.3, -0.25) is 10.1 Å². The highest BCUT2D eigenvalue weighted by atomic mass is 35.5. The van der Waals surface area contributed by atoms with E-state index in [1.54, 1.807) is 0 Å². The SMILES string of the molecule is CCc1nnc(NC(=O)c2cc(S(=O)(=O)N3CCCC3)ccc2Cl)s1. The summed E-state index contributed by atoms with van der Waals surface area (Å²) in [6, 6.07) is 4.16. The maximum Gasteiger partial charge on any atom is 0.259 e. The van der Waals surface area contributed by atoms with Gasteiger partial charge in [0.2, 0.25) is 15.2 Å². The number of amides is 1. The van der Waals surface area contributed by atoms with Gasteiger partial charge in [-0.1, -0.05) is 29.9 Å². The number of hydrogen-bond donors (Lipinski definition) is 1. The summed E-state index contributed by atoms with van der Waals surface area (Å²) in [5.41, 5.74) is 0.0928. The molecule has 134 valence electrons. The molecule has 0 radical (unpaired) electrons. The fourth-order valence-electron chi connectivity index (χ4n) is 2.53. The third-order valence-electron chi connectivity index (χ3n) is 3.88. The molecule has 0 aliphatic carbocycles. The van der Waals surface area contributed by atoms with E-state index in [9.17, 15) is 13.2 Å². The Labute approximate surface area is 155 Å². The van der Waals surface area contributed by atoms with E-state index < -0.39 is 15.9 Å². The van der Waals surface area contributed by atoms with E-state index >= 15 is 0 Å². The van der Waals surface area contributed by atoms with E-state index in [1.807, 2.05) is 6.92 Å². The van der Waals surface area contributed by atoms with Crippen molar-refractivity contribution in [2.75, 3.05) is 18.4 Å². The number of aryl methyl sites for hydroxylation is 1. The van der Waals surface area contributed by atoms with Gasteiger partial charge in [0.15, 0.2) is 0 Å². The van der Waals surface area contributed by atoms with Crippen molar-refractivity contribution in [2.24, 2.45) is 0 Å². The first-order valence-electron chi connectivity index (χ1n) is 7.85. The molecule has 2 heterocycles. The van der Waals surface area contributed by atoms with Crippen LogP contribution in [-0.4, -0.2) is 41.9 Å². The molecule has 7 nitrogen and oxygen atoms in total. The number of carbonyl (C=O) groups excluding carboxylic acids is 1. The fourth-order valence-corrected chi connectivity index (χ4v) is 4.95. The summed E-state index contributed by atoms with van der Waals surface area (Å²) in [5, 5.41) is 11.8. The fraction of sp³-hybridized carbons (Fsp3) is 0.400. The van der Waals surface area contributed by atoms with Crippen LogP contribution in [0.25, 0.3) is 0 Å². The van der Waals surface area contributed by atoms with Crippen molar-refractivity contribution in [1.82, 2.24) is 14.5 Å². The molecule has 3 rings (SSSR count). The number of hydrogen-bond acceptors (Lipinski definition) is 6. The standard InChI is InChI=1S/C15H17ClN4O3S2/c1-2-13-18-19-15(24-13)17-14(21)11-9-10(5-6-12(11)16)25(22,23)20-7-3-4-8-20/h5-6,9H,2-4,7-8H2,1H3,(H,17,19,21). The number of aromatic nitrogens is 2. The van der Waals surface area contributed by atoms with Crippen LogP contribution in [0.4, 0.5) is 5.13 Å². The molecular weight excluding hydrogens is 384 g/mol. The largest absolute Gasteiger partial charge is 0.296 e. The summed E-state index contributed by atoms with van der Waals surface area (Å²) >= 11 is 7.37. The van der Waals surface area contributed by atoms with Crippen LogP contribution in [0.1, 0.15) is 35.1 Å². The van der Waals surface area contributed by atoms with Gasteiger partial charge in [0.25, 0.3) is 5.91 Å². The smallest absolute Gasteiger partial charge is 0.259 e. The molecular formula is C15H17ClN4O3S2. The second-order valence-corrected chi connectivity index (χ2v) is 8.97. The van der Waals surface area contributed by atoms with Gasteiger partial charge in [0, 0.05) is 13.1 Å². The summed E-state index contributed by atoms with van der Waals surface area (Å²) < 4.78 is 26.7. The lowest BCUT2D eigenvalue weighted by molar-refractivity contribution is 0.102. The molecule has 1 aromatic heterocycles. The van der Waals surface area contributed by atoms with Crippen LogP contribution < -0.4 is 5.32 Å². The average molecular weight is 401 g/mol. The van der Waals surface area contributed by atoms with E-state index in [0.717, 1.165) is 24.3 Å². The van der Waals surface area contributed by atoms with Crippen LogP contribution in [0.5, 0.6) is 0 Å². The van der Waals surface area contributed by atoms with Crippen LogP contribution in [0, 0.1) is 0 Å². The Morgan fingerprint density at radius 1 is 1.32 bits per heavy atom. The van der Waals surface area contributed by atoms with Crippen molar-refractivity contribution in [1.29, 1.82) is 0 Å². The zero-order valence-electron chi connectivity index (χ0n) is 13.5. The molecule has 1 aromatic carbocycles. The van der Waals surface area contributed by atoms with Gasteiger partial charge in [-0.05, 0) is 37.5 Å². The first kappa shape index (κ1) is 18.2. The zero-order valence-corrected chi connectivity index (χ0v) is 15.9. The number of nitrogens with one attached hydrogen (secondary N) is 1. The minimum atomic E-state index is -3.61. The predicted octanol–water partition coefficient (Wildman–Crippen LogP) is 2.79. The number of rotatable bonds is 5. The van der Waals surface area contributed by atoms with Crippen molar-refractivity contribution >= 4 is 44.0 Å². The molecule has 0 unspecified atom stereocenters. The van der Waals surface area contributed by atoms with Crippen molar-refractivity contribution in [3.8, 4) is 0 Å². The van der Waals surface area contributed by atoms with Crippen LogP contribution in [0.2, 0.25) is 5.02 Å². The molecule has 0 spiro atoms. The number of sulfonamides is 1. The highest BCUT2D eigenvalue weighted by Gasteiger charge is 2.28. The van der Waals surface area contributed by atoms with Crippen LogP contribution in [0.15, 0.2) is 23.1 Å². The molecule has 0 saturated carbocycles. The van der Waals surface area contributed by atoms with Crippen molar-refractivity contribution in [3.05, 3.63) is 33.8 Å². The average Bonchev–Trinajstić information content (AvgIpc) is 3.26. The number of halogens is 1. The highest BCUT2D eigenvalue weighted by molar-refractivity contribution is 7.89. The molecule has 25 heavy (non-hydrogen) atoms. The number of nitrogens with zero attached hydrogens (tertiary/aromatic N) is 3. The Morgan fingerprint density at radius 3 is 2.68 bits per heavy atom. The minimum Gasteiger partial charge on any atom is -0.296 e. The van der Waals surface area contributed by atoms with Gasteiger partial charge in [-0.2, -0.15) is 4.31 Å². The van der Waals surface area contributed by atoms with Gasteiger partial charge in [0.05, 0.1) is 15.5 Å². The molecule has 1 aliphatic heterocycles. The van der Waals surface area contributed by atoms with Crippen molar-refractivity contribution in [3.63, 3.8) is 0 Å². The van der Waals surface area contributed by atoms with Gasteiger partial charge < -0.3 is 0 Å². The van der Waals surface area contributed by atoms with E-state index in [4.69, 9.17) is 11.6 Å². The topological polar surface area (TPSA) is 92.3 Å². The Kier molecular flexibility index (Phi) is 5.38. The Morgan fingerprint density at radius 2 is 2.04 bits per heavy atom. The zero-order chi connectivity index (χ0) is 18.0. The van der Waals surface area contributed by atoms with Gasteiger partial charge in [-0.15, -0.1) is 10.2 Å². The molecule has 1 amide bonds. The predicted molar refractivity (Wildman–Crippen MR) is 96.7 cm³/mol. The molecule has 10 heteroatoms. The molecule has 1 N–H and O–H groups in total. The van der Waals surface area contributed by atoms with Gasteiger partial charge in [0.1, 0.15) is 5.01 Å². The second-order valence-electron chi connectivity index (χ2n) is 5.56. The summed E-state index contributed by atoms with van der Waals surface area (Å²) in [6.07, 6.45) is 2.41. The molecule has 0 bridgehead atoms. The molecule has 2 aromatic rings. The maximum atomic E-state index is 12.7. The van der Waals surface area contributed by atoms with E-state index in [1.165, 1.54) is 33.8 Å². The van der Waals surface area contributed by atoms with E-state index in [0.29, 0.717) is 18.2 Å². The third-order valence-corrected chi connectivity index (χ3v) is 7.08. The van der Waals surface area contributed by atoms with Crippen molar-refractivity contribution in [2.45, 2.75) is 31.1 Å². The summed E-state index contributed by atoms with van der Waals surface area (Å²) in [5.74, 6) is -0.512. The quantitative estimate of drug-likeness (QED) is 0.833. The van der Waals surface area contributed by atoms with Gasteiger partial charge in [-0.25, -0.2) is 8.42 Å². The molecule has 1 aliphatic rings. The summed E-state index contributed by atoms with van der Waals surface area (Å²) in [6.45, 7) is 2.93. The maximum absolute atomic E-state index is 12.7. The van der Waals surface area contributed by atoms with E-state index in [2.05, 4.69) is 15.5 Å². The number of benzene rings is 1. The Hall–Kier alpha value is -1.55. The lowest BCUT2D eigenvalue weighted by Crippen LogP contribution is -2.28. The lowest BCUT2D eigenvalue weighted by atomic mass is 10.2. The molecule has 1 saturated heterocycles. The lowest BCUT2D eigenvalue weighted by Gasteiger charge is -2.16. The monoisotopic (exact) mass is 400 g/mol. The summed E-state index contributed by atoms with van der Waals surface area (Å²) in [4.78, 5) is 12.5. The van der Waals surface area contributed by atoms with Crippen LogP contribution in [-0.2, 0) is 16.4 Å². The van der Waals surface area contributed by atoms with Crippen LogP contribution in [0.3, 0.4) is 0 Å². The molecule has 0 atom stereocenters. The first-order chi connectivity index (χ1) is 11.9. The van der Waals surface area contributed by atoms with Crippen LogP contribution >= 0.6 is 22.9 Å². The minimum absolute atomic E-state index is 0.0652. The van der Waals surface area contributed by atoms with Gasteiger partial charge >= 0.3 is 0 Å². The Bertz CT molecular complexity index is 892. The molecule has 1 fully saturated rings. The highest BCUT2D eigenvalue weighted by Crippen LogP contribution is 2.26. The van der Waals surface area contributed by atoms with E-state index in [-0.39, 0.29) is 15.5 Å². The number of carbonyl (C=O) groups is 1. The van der Waals surface area contributed by atoms with Crippen molar-refractivity contribution < 1.29 is 13.2 Å². The Balaban J connectivity index is 1.87. The third kappa shape index (κ3) is 3.84. The summed E-state index contributed by atoms with van der Waals surface area (Å²) in [7, 11) is -3.61. The number of anilines is 1. The second kappa shape index (κ2) is 7.36. The normalized spacial score (nSPS) is 15.4.